The van der Waals surface area contributed by atoms with E-state index in [1.54, 1.807) is 0 Å². The van der Waals surface area contributed by atoms with Crippen LogP contribution in [0.2, 0.25) is 51.4 Å². The van der Waals surface area contributed by atoms with Gasteiger partial charge >= 0.3 is 0 Å². The standard InChI is InChI=1S/C11H24Si2/c1-12(2,3)10-8-7-9-11-13(4,5)6/h8-9H,10-11H2,1-6H3. The van der Waals surface area contributed by atoms with Gasteiger partial charge in [0, 0.05) is 16.1 Å². The van der Waals surface area contributed by atoms with Crippen molar-refractivity contribution in [1.29, 1.82) is 0 Å². The Morgan fingerprint density at radius 2 is 1.08 bits per heavy atom. The molecule has 0 aromatic rings. The van der Waals surface area contributed by atoms with Gasteiger partial charge in [-0.2, -0.15) is 0 Å². The minimum Gasteiger partial charge on any atom is -0.130 e. The van der Waals surface area contributed by atoms with Gasteiger partial charge in [0.25, 0.3) is 0 Å². The minimum absolute atomic E-state index is 0.880. The van der Waals surface area contributed by atoms with Gasteiger partial charge < -0.3 is 0 Å². The highest BCUT2D eigenvalue weighted by Crippen LogP contribution is 2.09. The van der Waals surface area contributed by atoms with Crippen LogP contribution in [0.4, 0.5) is 0 Å². The van der Waals surface area contributed by atoms with Gasteiger partial charge in [-0.25, -0.2) is 0 Å². The molecule has 0 amide bonds. The molecule has 76 valence electrons. The first kappa shape index (κ1) is 13.0. The Hall–Kier alpha value is -0.0462. The normalized spacial score (nSPS) is 12.2. The van der Waals surface area contributed by atoms with E-state index in [1.807, 2.05) is 0 Å². The summed E-state index contributed by atoms with van der Waals surface area (Å²) in [5.41, 5.74) is 3.32. The molecule has 0 spiro atoms. The van der Waals surface area contributed by atoms with E-state index in [-0.39, 0.29) is 0 Å². The van der Waals surface area contributed by atoms with Crippen molar-refractivity contribution in [2.45, 2.75) is 51.4 Å². The Morgan fingerprint density at radius 3 is 1.31 bits per heavy atom. The van der Waals surface area contributed by atoms with Crippen LogP contribution in [0.25, 0.3) is 0 Å². The van der Waals surface area contributed by atoms with Gasteiger partial charge in [0.15, 0.2) is 0 Å². The van der Waals surface area contributed by atoms with Crippen molar-refractivity contribution in [2.75, 3.05) is 0 Å². The van der Waals surface area contributed by atoms with E-state index in [0.717, 1.165) is 0 Å². The number of hydrogen-bond donors (Lipinski definition) is 0. The van der Waals surface area contributed by atoms with E-state index < -0.39 is 16.1 Å². The molecule has 0 radical (unpaired) electrons. The number of hydrogen-bond acceptors (Lipinski definition) is 0. The predicted molar refractivity (Wildman–Crippen MR) is 69.0 cm³/mol. The van der Waals surface area contributed by atoms with Gasteiger partial charge in [-0.05, 0) is 24.2 Å². The molecule has 0 saturated carbocycles. The molecular formula is C11H24Si2. The van der Waals surface area contributed by atoms with E-state index in [9.17, 15) is 0 Å². The van der Waals surface area contributed by atoms with Crippen LogP contribution in [0.1, 0.15) is 0 Å². The van der Waals surface area contributed by atoms with Crippen LogP contribution >= 0.6 is 0 Å². The molecule has 0 aromatic carbocycles. The fraction of sp³-hybridized carbons (Fsp3) is 0.727. The highest BCUT2D eigenvalue weighted by Gasteiger charge is 2.10. The molecule has 0 atom stereocenters. The molecule has 0 fully saturated rings. The summed E-state index contributed by atoms with van der Waals surface area (Å²) < 4.78 is 0. The van der Waals surface area contributed by atoms with Crippen molar-refractivity contribution in [3.8, 4) is 0 Å². The fourth-order valence-electron chi connectivity index (χ4n) is 0.814. The minimum atomic E-state index is -0.880. The first-order valence-corrected chi connectivity index (χ1v) is 12.5. The van der Waals surface area contributed by atoms with Crippen LogP contribution in [0.3, 0.4) is 0 Å². The van der Waals surface area contributed by atoms with Crippen molar-refractivity contribution >= 4 is 16.1 Å². The van der Waals surface area contributed by atoms with Crippen LogP contribution in [0.5, 0.6) is 0 Å². The van der Waals surface area contributed by atoms with Crippen LogP contribution < -0.4 is 0 Å². The Morgan fingerprint density at radius 1 is 0.769 bits per heavy atom. The third kappa shape index (κ3) is 12.0. The molecular weight excluding hydrogens is 188 g/mol. The summed E-state index contributed by atoms with van der Waals surface area (Å²) >= 11 is 0. The Bertz CT molecular complexity index is 177. The van der Waals surface area contributed by atoms with Gasteiger partial charge in [-0.1, -0.05) is 39.3 Å². The lowest BCUT2D eigenvalue weighted by Gasteiger charge is -2.11. The van der Waals surface area contributed by atoms with Crippen LogP contribution in [0.15, 0.2) is 17.9 Å². The molecule has 0 N–H and O–H groups in total. The molecule has 0 bridgehead atoms. The Balaban J connectivity index is 3.86. The van der Waals surface area contributed by atoms with Crippen molar-refractivity contribution in [2.24, 2.45) is 0 Å². The van der Waals surface area contributed by atoms with Crippen LogP contribution in [-0.4, -0.2) is 16.1 Å². The SMILES string of the molecule is C[Si](C)(C)CC=C=CC[Si](C)(C)C. The second-order valence-electron chi connectivity index (χ2n) is 6.10. The average molecular weight is 212 g/mol. The molecule has 0 aliphatic carbocycles. The Kier molecular flexibility index (Phi) is 4.97. The molecule has 13 heavy (non-hydrogen) atoms. The highest BCUT2D eigenvalue weighted by atomic mass is 28.3. The highest BCUT2D eigenvalue weighted by molar-refractivity contribution is 6.76. The maximum Gasteiger partial charge on any atom is 0.0487 e. The predicted octanol–water partition coefficient (Wildman–Crippen LogP) is 4.37. The maximum absolute atomic E-state index is 3.32. The largest absolute Gasteiger partial charge is 0.130 e. The Labute approximate surface area is 85.8 Å². The summed E-state index contributed by atoms with van der Waals surface area (Å²) in [4.78, 5) is 0. The van der Waals surface area contributed by atoms with E-state index in [2.05, 4.69) is 57.2 Å². The van der Waals surface area contributed by atoms with E-state index in [4.69, 9.17) is 0 Å². The lowest BCUT2D eigenvalue weighted by atomic mass is 10.6. The fourth-order valence-corrected chi connectivity index (χ4v) is 2.27. The average Bonchev–Trinajstić information content (AvgIpc) is 1.81. The molecule has 0 saturated heterocycles. The van der Waals surface area contributed by atoms with Gasteiger partial charge in [-0.15, -0.1) is 5.73 Å². The lowest BCUT2D eigenvalue weighted by molar-refractivity contribution is 1.49. The molecule has 0 aliphatic heterocycles. The summed E-state index contributed by atoms with van der Waals surface area (Å²) in [6.07, 6.45) is 4.46. The van der Waals surface area contributed by atoms with Gasteiger partial charge in [0.05, 0.1) is 0 Å². The molecule has 0 aromatic heterocycles. The van der Waals surface area contributed by atoms with Crippen molar-refractivity contribution < 1.29 is 0 Å². The first-order chi connectivity index (χ1) is 5.71. The molecule has 2 heteroatoms. The summed E-state index contributed by atoms with van der Waals surface area (Å²) in [5.74, 6) is 0. The first-order valence-electron chi connectivity index (χ1n) is 5.10. The molecule has 0 unspecified atom stereocenters. The smallest absolute Gasteiger partial charge is 0.0487 e. The quantitative estimate of drug-likeness (QED) is 0.479. The summed E-state index contributed by atoms with van der Waals surface area (Å²) in [7, 11) is -1.76. The van der Waals surface area contributed by atoms with Crippen molar-refractivity contribution in [1.82, 2.24) is 0 Å². The molecule has 0 nitrogen and oxygen atoms in total. The third-order valence-corrected chi connectivity index (χ3v) is 4.52. The zero-order chi connectivity index (χ0) is 10.5. The number of rotatable bonds is 4. The monoisotopic (exact) mass is 212 g/mol. The van der Waals surface area contributed by atoms with Crippen LogP contribution in [0, 0.1) is 0 Å². The topological polar surface area (TPSA) is 0 Å². The summed E-state index contributed by atoms with van der Waals surface area (Å²) in [6, 6.07) is 2.52. The maximum atomic E-state index is 3.32. The van der Waals surface area contributed by atoms with E-state index >= 15 is 0 Å². The molecule has 0 rings (SSSR count). The van der Waals surface area contributed by atoms with Gasteiger partial charge in [-0.3, -0.25) is 0 Å². The van der Waals surface area contributed by atoms with Crippen molar-refractivity contribution in [3.63, 3.8) is 0 Å². The third-order valence-electron chi connectivity index (χ3n) is 1.66. The van der Waals surface area contributed by atoms with E-state index in [0.29, 0.717) is 0 Å². The summed E-state index contributed by atoms with van der Waals surface area (Å²) in [5, 5.41) is 0. The molecule has 0 heterocycles. The zero-order valence-corrected chi connectivity index (χ0v) is 12.1. The van der Waals surface area contributed by atoms with Crippen LogP contribution in [-0.2, 0) is 0 Å². The van der Waals surface area contributed by atoms with Gasteiger partial charge in [0.2, 0.25) is 0 Å². The molecule has 0 aliphatic rings. The second kappa shape index (κ2) is 4.99. The zero-order valence-electron chi connectivity index (χ0n) is 10.1. The van der Waals surface area contributed by atoms with Gasteiger partial charge in [0.1, 0.15) is 0 Å². The van der Waals surface area contributed by atoms with E-state index in [1.165, 1.54) is 12.1 Å². The summed E-state index contributed by atoms with van der Waals surface area (Å²) in [6.45, 7) is 14.4. The lowest BCUT2D eigenvalue weighted by Crippen LogP contribution is -2.17. The van der Waals surface area contributed by atoms with Crippen molar-refractivity contribution in [3.05, 3.63) is 17.9 Å². The second-order valence-corrected chi connectivity index (χ2v) is 17.2. The number of allylic oxidation sites excluding steroid dienone is 1.